The van der Waals surface area contributed by atoms with Gasteiger partial charge >= 0.3 is 0 Å². The van der Waals surface area contributed by atoms with E-state index < -0.39 is 0 Å². The first-order valence-corrected chi connectivity index (χ1v) is 6.96. The summed E-state index contributed by atoms with van der Waals surface area (Å²) in [6.07, 6.45) is 0.311. The average Bonchev–Trinajstić information content (AvgIpc) is 2.92. The Morgan fingerprint density at radius 1 is 1.15 bits per heavy atom. The number of fused-ring (bicyclic) bond motifs is 1. The zero-order valence-electron chi connectivity index (χ0n) is 10.5. The highest BCUT2D eigenvalue weighted by molar-refractivity contribution is 7.20. The van der Waals surface area contributed by atoms with E-state index in [9.17, 15) is 4.79 Å². The van der Waals surface area contributed by atoms with E-state index in [2.05, 4.69) is 11.1 Å². The Hall–Kier alpha value is -2.51. The van der Waals surface area contributed by atoms with Crippen LogP contribution in [0, 0.1) is 11.3 Å². The van der Waals surface area contributed by atoms with Crippen LogP contribution in [0.5, 0.6) is 0 Å². The maximum Gasteiger partial charge on any atom is 0.195 e. The van der Waals surface area contributed by atoms with E-state index in [1.807, 2.05) is 36.4 Å². The number of nitrogens with zero attached hydrogens (tertiary/aromatic N) is 2. The van der Waals surface area contributed by atoms with Crippen LogP contribution in [0.15, 0.2) is 48.5 Å². The van der Waals surface area contributed by atoms with Crippen molar-refractivity contribution in [3.63, 3.8) is 0 Å². The molecule has 20 heavy (non-hydrogen) atoms. The number of ketones is 1. The monoisotopic (exact) mass is 278 g/mol. The summed E-state index contributed by atoms with van der Waals surface area (Å²) >= 11 is 1.42. The van der Waals surface area contributed by atoms with Gasteiger partial charge in [-0.3, -0.25) is 4.79 Å². The van der Waals surface area contributed by atoms with E-state index in [1.54, 1.807) is 12.1 Å². The second-order valence-corrected chi connectivity index (χ2v) is 5.43. The number of hydrogen-bond donors (Lipinski definition) is 0. The summed E-state index contributed by atoms with van der Waals surface area (Å²) in [7, 11) is 0. The van der Waals surface area contributed by atoms with Crippen LogP contribution in [-0.4, -0.2) is 10.8 Å². The minimum Gasteiger partial charge on any atom is -0.291 e. The van der Waals surface area contributed by atoms with Gasteiger partial charge in [-0.2, -0.15) is 5.26 Å². The van der Waals surface area contributed by atoms with Crippen molar-refractivity contribution in [1.82, 2.24) is 4.98 Å². The van der Waals surface area contributed by atoms with Crippen LogP contribution >= 0.6 is 11.3 Å². The van der Waals surface area contributed by atoms with Crippen LogP contribution in [0.2, 0.25) is 0 Å². The third-order valence-corrected chi connectivity index (χ3v) is 4.06. The normalized spacial score (nSPS) is 10.3. The smallest absolute Gasteiger partial charge is 0.195 e. The van der Waals surface area contributed by atoms with Gasteiger partial charge in [0.2, 0.25) is 0 Å². The van der Waals surface area contributed by atoms with Gasteiger partial charge in [-0.05, 0) is 29.8 Å². The average molecular weight is 278 g/mol. The Kier molecular flexibility index (Phi) is 3.28. The second kappa shape index (κ2) is 5.24. The minimum atomic E-state index is 0.0101. The number of nitriles is 1. The van der Waals surface area contributed by atoms with Gasteiger partial charge in [0.05, 0.1) is 21.8 Å². The van der Waals surface area contributed by atoms with Crippen molar-refractivity contribution in [2.75, 3.05) is 0 Å². The van der Waals surface area contributed by atoms with Crippen molar-refractivity contribution in [3.05, 3.63) is 64.7 Å². The van der Waals surface area contributed by atoms with Crippen LogP contribution in [0.4, 0.5) is 0 Å². The fourth-order valence-corrected chi connectivity index (χ4v) is 2.85. The van der Waals surface area contributed by atoms with E-state index in [1.165, 1.54) is 11.3 Å². The van der Waals surface area contributed by atoms with Crippen molar-refractivity contribution >= 4 is 27.3 Å². The molecule has 96 valence electrons. The Bertz CT molecular complexity index is 779. The molecule has 1 heterocycles. The van der Waals surface area contributed by atoms with Crippen molar-refractivity contribution in [2.45, 2.75) is 6.42 Å². The lowest BCUT2D eigenvalue weighted by atomic mass is 10.1. The van der Waals surface area contributed by atoms with Gasteiger partial charge < -0.3 is 0 Å². The maximum atomic E-state index is 12.2. The van der Waals surface area contributed by atoms with Crippen molar-refractivity contribution in [3.8, 4) is 6.07 Å². The number of benzene rings is 2. The lowest BCUT2D eigenvalue weighted by molar-refractivity contribution is 0.0993. The molecule has 3 aromatic rings. The number of para-hydroxylation sites is 1. The van der Waals surface area contributed by atoms with E-state index in [0.717, 1.165) is 15.8 Å². The first kappa shape index (κ1) is 12.5. The SMILES string of the molecule is N#Cc1ccc(CC(=O)c2nc3ccccc3s2)cc1. The molecule has 2 aromatic carbocycles. The first-order valence-electron chi connectivity index (χ1n) is 6.14. The molecule has 0 aliphatic heterocycles. The van der Waals surface area contributed by atoms with Gasteiger partial charge in [0.15, 0.2) is 10.8 Å². The minimum absolute atomic E-state index is 0.0101. The molecule has 0 radical (unpaired) electrons. The van der Waals surface area contributed by atoms with Crippen LogP contribution in [0.25, 0.3) is 10.2 Å². The van der Waals surface area contributed by atoms with E-state index >= 15 is 0 Å². The van der Waals surface area contributed by atoms with Gasteiger partial charge in [-0.1, -0.05) is 24.3 Å². The highest BCUT2D eigenvalue weighted by Gasteiger charge is 2.12. The summed E-state index contributed by atoms with van der Waals surface area (Å²) in [5, 5.41) is 9.28. The third-order valence-electron chi connectivity index (χ3n) is 2.98. The molecular formula is C16H10N2OS. The quantitative estimate of drug-likeness (QED) is 0.688. The Morgan fingerprint density at radius 2 is 1.90 bits per heavy atom. The molecule has 3 rings (SSSR count). The number of rotatable bonds is 3. The number of carbonyl (C=O) groups is 1. The summed E-state index contributed by atoms with van der Waals surface area (Å²) in [5.74, 6) is 0.0101. The Balaban J connectivity index is 1.83. The highest BCUT2D eigenvalue weighted by atomic mass is 32.1. The predicted molar refractivity (Wildman–Crippen MR) is 78.8 cm³/mol. The molecule has 0 N–H and O–H groups in total. The lowest BCUT2D eigenvalue weighted by Crippen LogP contribution is -2.02. The zero-order valence-corrected chi connectivity index (χ0v) is 11.4. The predicted octanol–water partition coefficient (Wildman–Crippen LogP) is 3.59. The molecule has 4 heteroatoms. The van der Waals surface area contributed by atoms with E-state index in [4.69, 9.17) is 5.26 Å². The number of hydrogen-bond acceptors (Lipinski definition) is 4. The topological polar surface area (TPSA) is 53.8 Å². The van der Waals surface area contributed by atoms with E-state index in [0.29, 0.717) is 17.0 Å². The Labute approximate surface area is 120 Å². The zero-order chi connectivity index (χ0) is 13.9. The number of Topliss-reactive ketones (excluding diaryl/α,β-unsaturated/α-hetero) is 1. The van der Waals surface area contributed by atoms with Crippen LogP contribution in [0.1, 0.15) is 20.9 Å². The van der Waals surface area contributed by atoms with Crippen molar-refractivity contribution in [1.29, 1.82) is 5.26 Å². The summed E-state index contributed by atoms with van der Waals surface area (Å²) in [6.45, 7) is 0. The van der Waals surface area contributed by atoms with Gasteiger partial charge in [-0.25, -0.2) is 4.98 Å². The molecule has 0 saturated carbocycles. The molecule has 0 aliphatic rings. The molecule has 0 atom stereocenters. The largest absolute Gasteiger partial charge is 0.291 e. The Morgan fingerprint density at radius 3 is 2.60 bits per heavy atom. The summed E-state index contributed by atoms with van der Waals surface area (Å²) in [6, 6.07) is 16.9. The highest BCUT2D eigenvalue weighted by Crippen LogP contribution is 2.22. The molecule has 0 spiro atoms. The fourth-order valence-electron chi connectivity index (χ4n) is 1.95. The summed E-state index contributed by atoms with van der Waals surface area (Å²) in [5.41, 5.74) is 2.36. The fraction of sp³-hybridized carbons (Fsp3) is 0.0625. The molecule has 0 fully saturated rings. The van der Waals surface area contributed by atoms with Crippen LogP contribution < -0.4 is 0 Å². The maximum absolute atomic E-state index is 12.2. The van der Waals surface area contributed by atoms with E-state index in [-0.39, 0.29) is 5.78 Å². The molecule has 3 nitrogen and oxygen atoms in total. The van der Waals surface area contributed by atoms with Gasteiger partial charge in [0, 0.05) is 6.42 Å². The molecule has 1 aromatic heterocycles. The summed E-state index contributed by atoms with van der Waals surface area (Å²) in [4.78, 5) is 16.6. The number of aromatic nitrogens is 1. The first-order chi connectivity index (χ1) is 9.76. The van der Waals surface area contributed by atoms with Crippen molar-refractivity contribution in [2.24, 2.45) is 0 Å². The number of carbonyl (C=O) groups excluding carboxylic acids is 1. The molecular weight excluding hydrogens is 268 g/mol. The third kappa shape index (κ3) is 2.44. The van der Waals surface area contributed by atoms with Gasteiger partial charge in [0.1, 0.15) is 0 Å². The molecule has 0 aliphatic carbocycles. The molecule has 0 saturated heterocycles. The van der Waals surface area contributed by atoms with Crippen LogP contribution in [0.3, 0.4) is 0 Å². The van der Waals surface area contributed by atoms with Gasteiger partial charge in [0.25, 0.3) is 0 Å². The molecule has 0 amide bonds. The molecule has 0 bridgehead atoms. The van der Waals surface area contributed by atoms with Crippen molar-refractivity contribution < 1.29 is 4.79 Å². The standard InChI is InChI=1S/C16H10N2OS/c17-10-12-7-5-11(6-8-12)9-14(19)16-18-13-3-1-2-4-15(13)20-16/h1-8H,9H2. The number of thiazole rings is 1. The summed E-state index contributed by atoms with van der Waals surface area (Å²) < 4.78 is 1.02. The second-order valence-electron chi connectivity index (χ2n) is 4.40. The van der Waals surface area contributed by atoms with Crippen LogP contribution in [-0.2, 0) is 6.42 Å². The van der Waals surface area contributed by atoms with Gasteiger partial charge in [-0.15, -0.1) is 11.3 Å². The lowest BCUT2D eigenvalue weighted by Gasteiger charge is -1.98. The molecule has 0 unspecified atom stereocenters.